The number of amidine groups is 1. The molecule has 2 aliphatic heterocycles. The van der Waals surface area contributed by atoms with Crippen LogP contribution in [0, 0.1) is 5.41 Å². The molecule has 1 aromatic carbocycles. The topological polar surface area (TPSA) is 78.7 Å². The Kier molecular flexibility index (Phi) is 4.65. The fourth-order valence-electron chi connectivity index (χ4n) is 3.35. The Morgan fingerprint density at radius 2 is 2.35 bits per heavy atom. The number of rotatable bonds is 5. The second-order valence-corrected chi connectivity index (χ2v) is 7.31. The number of thiazole rings is 1. The van der Waals surface area contributed by atoms with Crippen LogP contribution in [0.15, 0.2) is 35.4 Å². The minimum Gasteiger partial charge on any atom is -0.510 e. The first-order chi connectivity index (χ1) is 12.7. The number of ether oxygens (including phenoxy) is 2. The lowest BCUT2D eigenvalue weighted by atomic mass is 10.1. The zero-order chi connectivity index (χ0) is 18.1. The number of methoxy groups -OCH3 is 1. The van der Waals surface area contributed by atoms with E-state index in [9.17, 15) is 5.11 Å². The van der Waals surface area contributed by atoms with Crippen molar-refractivity contribution in [3.8, 4) is 17.0 Å². The Morgan fingerprint density at radius 3 is 3.12 bits per heavy atom. The molecule has 3 heterocycles. The predicted octanol–water partition coefficient (Wildman–Crippen LogP) is 3.56. The van der Waals surface area contributed by atoms with Gasteiger partial charge in [-0.15, -0.1) is 11.3 Å². The van der Waals surface area contributed by atoms with E-state index in [0.29, 0.717) is 29.5 Å². The normalized spacial score (nSPS) is 20.3. The zero-order valence-electron chi connectivity index (χ0n) is 14.6. The van der Waals surface area contributed by atoms with Crippen molar-refractivity contribution >= 4 is 22.7 Å². The standard InChI is InChI=1S/C19H21N3O3S/c1-24-13-5-2-4-12(8-13)15-11-26-19(21-15)17-16(23)10-22(18(17)20)9-14-6-3-7-25-14/h2,4-5,8,11,14,20,23H,3,6-7,9-10H2,1H3. The molecule has 0 amide bonds. The fourth-order valence-corrected chi connectivity index (χ4v) is 4.25. The van der Waals surface area contributed by atoms with Crippen molar-refractivity contribution in [2.24, 2.45) is 0 Å². The number of aromatic nitrogens is 1. The van der Waals surface area contributed by atoms with Gasteiger partial charge in [-0.25, -0.2) is 4.98 Å². The van der Waals surface area contributed by atoms with Gasteiger partial charge in [-0.1, -0.05) is 12.1 Å². The maximum Gasteiger partial charge on any atom is 0.135 e. The molecule has 0 saturated carbocycles. The molecule has 1 atom stereocenters. The first-order valence-corrected chi connectivity index (χ1v) is 9.51. The lowest BCUT2D eigenvalue weighted by Crippen LogP contribution is -2.34. The molecule has 1 aromatic heterocycles. The molecular weight excluding hydrogens is 350 g/mol. The second kappa shape index (κ2) is 7.09. The van der Waals surface area contributed by atoms with Gasteiger partial charge in [-0.3, -0.25) is 5.41 Å². The van der Waals surface area contributed by atoms with Crippen LogP contribution in [0.2, 0.25) is 0 Å². The number of hydrogen-bond acceptors (Lipinski definition) is 6. The van der Waals surface area contributed by atoms with Crippen molar-refractivity contribution in [3.63, 3.8) is 0 Å². The van der Waals surface area contributed by atoms with Gasteiger partial charge in [0.15, 0.2) is 0 Å². The van der Waals surface area contributed by atoms with Gasteiger partial charge in [-0.05, 0) is 25.0 Å². The van der Waals surface area contributed by atoms with Crippen LogP contribution in [0.3, 0.4) is 0 Å². The van der Waals surface area contributed by atoms with Crippen molar-refractivity contribution < 1.29 is 14.6 Å². The summed E-state index contributed by atoms with van der Waals surface area (Å²) >= 11 is 1.44. The molecule has 2 aromatic rings. The molecular formula is C19H21N3O3S. The first-order valence-electron chi connectivity index (χ1n) is 8.63. The number of benzene rings is 1. The Balaban J connectivity index is 1.54. The van der Waals surface area contributed by atoms with E-state index in [1.54, 1.807) is 7.11 Å². The SMILES string of the molecule is COc1cccc(-c2csc(C3=C(O)CN(CC4CCCO4)C3=N)n2)c1. The third kappa shape index (κ3) is 3.20. The van der Waals surface area contributed by atoms with Crippen LogP contribution in [-0.4, -0.2) is 53.7 Å². The molecule has 0 bridgehead atoms. The lowest BCUT2D eigenvalue weighted by Gasteiger charge is -2.21. The van der Waals surface area contributed by atoms with Gasteiger partial charge in [0.2, 0.25) is 0 Å². The number of nitrogens with zero attached hydrogens (tertiary/aromatic N) is 2. The summed E-state index contributed by atoms with van der Waals surface area (Å²) in [5, 5.41) is 21.5. The molecule has 1 unspecified atom stereocenters. The Bertz CT molecular complexity index is 855. The van der Waals surface area contributed by atoms with Crippen LogP contribution in [0.4, 0.5) is 0 Å². The molecule has 7 heteroatoms. The molecule has 0 spiro atoms. The van der Waals surface area contributed by atoms with Gasteiger partial charge in [0.05, 0.1) is 31.0 Å². The van der Waals surface area contributed by atoms with E-state index >= 15 is 0 Å². The van der Waals surface area contributed by atoms with E-state index < -0.39 is 0 Å². The highest BCUT2D eigenvalue weighted by atomic mass is 32.1. The average molecular weight is 371 g/mol. The number of hydrogen-bond donors (Lipinski definition) is 2. The molecule has 136 valence electrons. The molecule has 1 fully saturated rings. The maximum atomic E-state index is 10.4. The maximum absolute atomic E-state index is 10.4. The van der Waals surface area contributed by atoms with Gasteiger partial charge < -0.3 is 19.5 Å². The summed E-state index contributed by atoms with van der Waals surface area (Å²) in [4.78, 5) is 6.52. The summed E-state index contributed by atoms with van der Waals surface area (Å²) < 4.78 is 10.9. The van der Waals surface area contributed by atoms with Crippen LogP contribution in [-0.2, 0) is 4.74 Å². The summed E-state index contributed by atoms with van der Waals surface area (Å²) in [6.45, 7) is 1.77. The van der Waals surface area contributed by atoms with E-state index in [1.807, 2.05) is 34.5 Å². The van der Waals surface area contributed by atoms with Crippen LogP contribution < -0.4 is 4.74 Å². The smallest absolute Gasteiger partial charge is 0.135 e. The van der Waals surface area contributed by atoms with Crippen molar-refractivity contribution in [1.82, 2.24) is 9.88 Å². The molecule has 6 nitrogen and oxygen atoms in total. The number of aliphatic hydroxyl groups excluding tert-OH is 1. The fraction of sp³-hybridized carbons (Fsp3) is 0.368. The van der Waals surface area contributed by atoms with Crippen molar-refractivity contribution in [3.05, 3.63) is 40.4 Å². The summed E-state index contributed by atoms with van der Waals surface area (Å²) in [5.41, 5.74) is 2.30. The molecule has 1 saturated heterocycles. The van der Waals surface area contributed by atoms with Crippen molar-refractivity contribution in [2.75, 3.05) is 26.8 Å². The van der Waals surface area contributed by atoms with Gasteiger partial charge >= 0.3 is 0 Å². The van der Waals surface area contributed by atoms with E-state index in [1.165, 1.54) is 11.3 Å². The van der Waals surface area contributed by atoms with Crippen LogP contribution >= 0.6 is 11.3 Å². The molecule has 26 heavy (non-hydrogen) atoms. The molecule has 0 radical (unpaired) electrons. The Morgan fingerprint density at radius 1 is 1.46 bits per heavy atom. The molecule has 2 N–H and O–H groups in total. The minimum absolute atomic E-state index is 0.145. The molecule has 4 rings (SSSR count). The molecule has 2 aliphatic rings. The van der Waals surface area contributed by atoms with Gasteiger partial charge in [0.1, 0.15) is 22.4 Å². The summed E-state index contributed by atoms with van der Waals surface area (Å²) in [7, 11) is 1.64. The number of nitrogens with one attached hydrogen (secondary N) is 1. The average Bonchev–Trinajstić information content (AvgIpc) is 3.38. The van der Waals surface area contributed by atoms with Crippen LogP contribution in [0.1, 0.15) is 17.8 Å². The molecule has 0 aliphatic carbocycles. The third-order valence-corrected chi connectivity index (χ3v) is 5.57. The Hall–Kier alpha value is -2.38. The minimum atomic E-state index is 0.145. The third-order valence-electron chi connectivity index (χ3n) is 4.71. The highest BCUT2D eigenvalue weighted by Crippen LogP contribution is 2.33. The predicted molar refractivity (Wildman–Crippen MR) is 102 cm³/mol. The van der Waals surface area contributed by atoms with Crippen LogP contribution in [0.5, 0.6) is 5.75 Å². The first kappa shape index (κ1) is 17.1. The zero-order valence-corrected chi connectivity index (χ0v) is 15.4. The number of aliphatic hydroxyl groups is 1. The highest BCUT2D eigenvalue weighted by molar-refractivity contribution is 7.11. The summed E-state index contributed by atoms with van der Waals surface area (Å²) in [6.07, 6.45) is 2.22. The monoisotopic (exact) mass is 371 g/mol. The van der Waals surface area contributed by atoms with E-state index in [-0.39, 0.29) is 11.9 Å². The van der Waals surface area contributed by atoms with Gasteiger partial charge in [0, 0.05) is 24.1 Å². The van der Waals surface area contributed by atoms with Crippen molar-refractivity contribution in [2.45, 2.75) is 18.9 Å². The summed E-state index contributed by atoms with van der Waals surface area (Å²) in [6, 6.07) is 7.71. The highest BCUT2D eigenvalue weighted by Gasteiger charge is 2.32. The van der Waals surface area contributed by atoms with Gasteiger partial charge in [0.25, 0.3) is 0 Å². The van der Waals surface area contributed by atoms with Crippen molar-refractivity contribution in [1.29, 1.82) is 5.41 Å². The van der Waals surface area contributed by atoms with Crippen LogP contribution in [0.25, 0.3) is 16.8 Å². The Labute approximate surface area is 156 Å². The lowest BCUT2D eigenvalue weighted by molar-refractivity contribution is 0.0924. The van der Waals surface area contributed by atoms with E-state index in [2.05, 4.69) is 4.98 Å². The van der Waals surface area contributed by atoms with E-state index in [4.69, 9.17) is 14.9 Å². The largest absolute Gasteiger partial charge is 0.510 e. The van der Waals surface area contributed by atoms with E-state index in [0.717, 1.165) is 36.5 Å². The van der Waals surface area contributed by atoms with Gasteiger partial charge in [-0.2, -0.15) is 0 Å². The second-order valence-electron chi connectivity index (χ2n) is 6.46. The summed E-state index contributed by atoms with van der Waals surface area (Å²) in [5.74, 6) is 1.31. The quantitative estimate of drug-likeness (QED) is 0.840.